The van der Waals surface area contributed by atoms with Gasteiger partial charge in [-0.1, -0.05) is 0 Å². The first-order valence-electron chi connectivity index (χ1n) is 6.10. The summed E-state index contributed by atoms with van der Waals surface area (Å²) in [5.74, 6) is -1.63. The maximum absolute atomic E-state index is 13.1. The number of halogens is 2. The fourth-order valence-electron chi connectivity index (χ4n) is 1.60. The summed E-state index contributed by atoms with van der Waals surface area (Å²) in [4.78, 5) is 3.87. The van der Waals surface area contributed by atoms with Gasteiger partial charge in [0.05, 0.1) is 5.69 Å². The summed E-state index contributed by atoms with van der Waals surface area (Å²) < 4.78 is 52.2. The molecule has 5 nitrogen and oxygen atoms in total. The van der Waals surface area contributed by atoms with E-state index in [0.29, 0.717) is 12.4 Å². The SMILES string of the molecule is CCNc1ccc(S(=O)(=O)Nc2ccc(F)c(F)c2)cn1. The van der Waals surface area contributed by atoms with Crippen molar-refractivity contribution >= 4 is 21.5 Å². The van der Waals surface area contributed by atoms with Crippen LogP contribution in [0.15, 0.2) is 41.4 Å². The summed E-state index contributed by atoms with van der Waals surface area (Å²) >= 11 is 0. The lowest BCUT2D eigenvalue weighted by molar-refractivity contribution is 0.509. The van der Waals surface area contributed by atoms with Crippen molar-refractivity contribution in [2.24, 2.45) is 0 Å². The van der Waals surface area contributed by atoms with Crippen LogP contribution in [0.2, 0.25) is 0 Å². The molecule has 0 saturated carbocycles. The second-order valence-corrected chi connectivity index (χ2v) is 5.83. The van der Waals surface area contributed by atoms with Crippen molar-refractivity contribution in [2.45, 2.75) is 11.8 Å². The Balaban J connectivity index is 2.23. The van der Waals surface area contributed by atoms with Crippen LogP contribution >= 0.6 is 0 Å². The number of aromatic nitrogens is 1. The van der Waals surface area contributed by atoms with E-state index < -0.39 is 21.7 Å². The van der Waals surface area contributed by atoms with Gasteiger partial charge in [-0.3, -0.25) is 4.72 Å². The van der Waals surface area contributed by atoms with Crippen molar-refractivity contribution in [1.29, 1.82) is 0 Å². The summed E-state index contributed by atoms with van der Waals surface area (Å²) in [7, 11) is -3.90. The zero-order chi connectivity index (χ0) is 15.5. The van der Waals surface area contributed by atoms with Crippen LogP contribution in [-0.4, -0.2) is 19.9 Å². The summed E-state index contributed by atoms with van der Waals surface area (Å²) in [6.45, 7) is 2.54. The largest absolute Gasteiger partial charge is 0.370 e. The van der Waals surface area contributed by atoms with Gasteiger partial charge in [0.15, 0.2) is 11.6 Å². The number of nitrogens with one attached hydrogen (secondary N) is 2. The molecule has 2 rings (SSSR count). The third-order valence-corrected chi connectivity index (χ3v) is 3.94. The average molecular weight is 313 g/mol. The highest BCUT2D eigenvalue weighted by molar-refractivity contribution is 7.92. The first-order valence-corrected chi connectivity index (χ1v) is 7.58. The van der Waals surface area contributed by atoms with Crippen molar-refractivity contribution in [2.75, 3.05) is 16.6 Å². The maximum Gasteiger partial charge on any atom is 0.263 e. The van der Waals surface area contributed by atoms with Crippen molar-refractivity contribution < 1.29 is 17.2 Å². The van der Waals surface area contributed by atoms with Crippen molar-refractivity contribution in [3.8, 4) is 0 Å². The Morgan fingerprint density at radius 1 is 1.14 bits per heavy atom. The van der Waals surface area contributed by atoms with Crippen LogP contribution in [0.1, 0.15) is 6.92 Å². The second kappa shape index (κ2) is 6.04. The number of benzene rings is 1. The van der Waals surface area contributed by atoms with Gasteiger partial charge in [-0.25, -0.2) is 22.2 Å². The standard InChI is InChI=1S/C13H13F2N3O2S/c1-2-16-13-6-4-10(8-17-13)21(19,20)18-9-3-5-11(14)12(15)7-9/h3-8,18H,2H2,1H3,(H,16,17). The van der Waals surface area contributed by atoms with Gasteiger partial charge >= 0.3 is 0 Å². The zero-order valence-corrected chi connectivity index (χ0v) is 11.9. The summed E-state index contributed by atoms with van der Waals surface area (Å²) in [6.07, 6.45) is 1.18. The highest BCUT2D eigenvalue weighted by Gasteiger charge is 2.15. The molecule has 0 unspecified atom stereocenters. The lowest BCUT2D eigenvalue weighted by atomic mass is 10.3. The maximum atomic E-state index is 13.1. The lowest BCUT2D eigenvalue weighted by Crippen LogP contribution is -2.13. The molecule has 0 aliphatic rings. The number of rotatable bonds is 5. The van der Waals surface area contributed by atoms with E-state index in [2.05, 4.69) is 15.0 Å². The van der Waals surface area contributed by atoms with Crippen LogP contribution < -0.4 is 10.0 Å². The normalized spacial score (nSPS) is 11.2. The highest BCUT2D eigenvalue weighted by Crippen LogP contribution is 2.18. The molecule has 21 heavy (non-hydrogen) atoms. The number of hydrogen-bond acceptors (Lipinski definition) is 4. The predicted octanol–water partition coefficient (Wildman–Crippen LogP) is 2.59. The van der Waals surface area contributed by atoms with Crippen LogP contribution in [0.4, 0.5) is 20.3 Å². The minimum atomic E-state index is -3.90. The highest BCUT2D eigenvalue weighted by atomic mass is 32.2. The third-order valence-electron chi connectivity index (χ3n) is 2.58. The quantitative estimate of drug-likeness (QED) is 0.890. The van der Waals surface area contributed by atoms with E-state index >= 15 is 0 Å². The fraction of sp³-hybridized carbons (Fsp3) is 0.154. The molecular weight excluding hydrogens is 300 g/mol. The van der Waals surface area contributed by atoms with Crippen molar-refractivity contribution in [3.63, 3.8) is 0 Å². The second-order valence-electron chi connectivity index (χ2n) is 4.14. The van der Waals surface area contributed by atoms with Gasteiger partial charge < -0.3 is 5.32 Å². The minimum Gasteiger partial charge on any atom is -0.370 e. The van der Waals surface area contributed by atoms with Crippen molar-refractivity contribution in [3.05, 3.63) is 48.2 Å². The summed E-state index contributed by atoms with van der Waals surface area (Å²) in [5.41, 5.74) is -0.0651. The Morgan fingerprint density at radius 2 is 1.90 bits per heavy atom. The Hall–Kier alpha value is -2.22. The van der Waals surface area contributed by atoms with E-state index in [-0.39, 0.29) is 10.6 Å². The molecule has 0 aliphatic heterocycles. The molecule has 1 aromatic carbocycles. The predicted molar refractivity (Wildman–Crippen MR) is 75.6 cm³/mol. The molecule has 0 amide bonds. The van der Waals surface area contributed by atoms with E-state index in [9.17, 15) is 17.2 Å². The molecule has 0 aliphatic carbocycles. The van der Waals surface area contributed by atoms with Gasteiger partial charge in [0.25, 0.3) is 10.0 Å². The lowest BCUT2D eigenvalue weighted by Gasteiger charge is -2.09. The molecule has 8 heteroatoms. The monoisotopic (exact) mass is 313 g/mol. The van der Waals surface area contributed by atoms with Crippen LogP contribution in [0, 0.1) is 11.6 Å². The van der Waals surface area contributed by atoms with Crippen LogP contribution in [0.3, 0.4) is 0 Å². The molecule has 1 heterocycles. The number of pyridine rings is 1. The third kappa shape index (κ3) is 3.66. The molecule has 0 bridgehead atoms. The first-order chi connectivity index (χ1) is 9.92. The Kier molecular flexibility index (Phi) is 4.37. The molecule has 2 aromatic rings. The minimum absolute atomic E-state index is 0.0651. The van der Waals surface area contributed by atoms with Crippen LogP contribution in [0.25, 0.3) is 0 Å². The molecule has 0 saturated heterocycles. The Morgan fingerprint density at radius 3 is 2.48 bits per heavy atom. The molecule has 1 aromatic heterocycles. The number of sulfonamides is 1. The molecule has 2 N–H and O–H groups in total. The van der Waals surface area contributed by atoms with E-state index in [1.165, 1.54) is 18.3 Å². The number of hydrogen-bond donors (Lipinski definition) is 2. The average Bonchev–Trinajstić information content (AvgIpc) is 2.44. The van der Waals surface area contributed by atoms with Gasteiger partial charge in [0.2, 0.25) is 0 Å². The van der Waals surface area contributed by atoms with Gasteiger partial charge in [-0.15, -0.1) is 0 Å². The molecule has 0 atom stereocenters. The fourth-order valence-corrected chi connectivity index (χ4v) is 2.59. The molecule has 0 spiro atoms. The summed E-state index contributed by atoms with van der Waals surface area (Å²) in [5, 5.41) is 2.93. The first kappa shape index (κ1) is 15.2. The Labute approximate surface area is 121 Å². The zero-order valence-electron chi connectivity index (χ0n) is 11.1. The topological polar surface area (TPSA) is 71.1 Å². The Bertz CT molecular complexity index is 734. The van der Waals surface area contributed by atoms with E-state index in [1.54, 1.807) is 0 Å². The van der Waals surface area contributed by atoms with E-state index in [1.807, 2.05) is 6.92 Å². The van der Waals surface area contributed by atoms with Crippen LogP contribution in [0.5, 0.6) is 0 Å². The van der Waals surface area contributed by atoms with Crippen molar-refractivity contribution in [1.82, 2.24) is 4.98 Å². The molecule has 0 radical (unpaired) electrons. The summed E-state index contributed by atoms with van der Waals surface area (Å²) in [6, 6.07) is 5.64. The number of nitrogens with zero attached hydrogens (tertiary/aromatic N) is 1. The number of anilines is 2. The van der Waals surface area contributed by atoms with Gasteiger partial charge in [0, 0.05) is 18.8 Å². The van der Waals surface area contributed by atoms with E-state index in [0.717, 1.165) is 18.2 Å². The molecule has 112 valence electrons. The van der Waals surface area contributed by atoms with Gasteiger partial charge in [0.1, 0.15) is 10.7 Å². The van der Waals surface area contributed by atoms with Crippen LogP contribution in [-0.2, 0) is 10.0 Å². The molecular formula is C13H13F2N3O2S. The van der Waals surface area contributed by atoms with Gasteiger partial charge in [-0.05, 0) is 31.2 Å². The van der Waals surface area contributed by atoms with E-state index in [4.69, 9.17) is 0 Å². The smallest absolute Gasteiger partial charge is 0.263 e. The molecule has 0 fully saturated rings. The van der Waals surface area contributed by atoms with Gasteiger partial charge in [-0.2, -0.15) is 0 Å².